The van der Waals surface area contributed by atoms with Crippen LogP contribution in [0.3, 0.4) is 0 Å². The van der Waals surface area contributed by atoms with E-state index in [1.807, 2.05) is 4.90 Å². The molecule has 0 atom stereocenters. The van der Waals surface area contributed by atoms with Gasteiger partial charge in [-0.05, 0) is 18.9 Å². The Morgan fingerprint density at radius 1 is 1.33 bits per heavy atom. The lowest BCUT2D eigenvalue weighted by molar-refractivity contribution is 0.111. The predicted octanol–water partition coefficient (Wildman–Crippen LogP) is 1.46. The number of nitrogen functional groups attached to an aromatic ring is 1. The summed E-state index contributed by atoms with van der Waals surface area (Å²) in [7, 11) is 0. The summed E-state index contributed by atoms with van der Waals surface area (Å²) in [5.41, 5.74) is 6.67. The third-order valence-electron chi connectivity index (χ3n) is 3.77. The molecule has 3 N–H and O–H groups in total. The van der Waals surface area contributed by atoms with E-state index in [9.17, 15) is 14.7 Å². The van der Waals surface area contributed by atoms with Crippen LogP contribution < -0.4 is 10.6 Å². The number of aromatic nitrogens is 1. The van der Waals surface area contributed by atoms with Gasteiger partial charge >= 0.3 is 0 Å². The summed E-state index contributed by atoms with van der Waals surface area (Å²) in [4.78, 5) is 29.9. The van der Waals surface area contributed by atoms with Crippen molar-refractivity contribution in [1.29, 1.82) is 0 Å². The molecule has 110 valence electrons. The van der Waals surface area contributed by atoms with Crippen LogP contribution in [0.25, 0.3) is 10.2 Å². The van der Waals surface area contributed by atoms with Gasteiger partial charge in [-0.3, -0.25) is 9.59 Å². The fraction of sp³-hybridized carbons (Fsp3) is 0.357. The highest BCUT2D eigenvalue weighted by Gasteiger charge is 2.21. The number of rotatable bonds is 3. The maximum Gasteiger partial charge on any atom is 0.162 e. The summed E-state index contributed by atoms with van der Waals surface area (Å²) in [6.07, 6.45) is 2.52. The smallest absolute Gasteiger partial charge is 0.162 e. The van der Waals surface area contributed by atoms with Gasteiger partial charge in [0.1, 0.15) is 10.6 Å². The van der Waals surface area contributed by atoms with Crippen molar-refractivity contribution in [3.63, 3.8) is 0 Å². The first kappa shape index (κ1) is 14.0. The minimum Gasteiger partial charge on any atom is -0.397 e. The Morgan fingerprint density at radius 3 is 2.67 bits per heavy atom. The number of piperidine rings is 1. The van der Waals surface area contributed by atoms with Crippen LogP contribution in [0.2, 0.25) is 0 Å². The molecule has 0 unspecified atom stereocenters. The summed E-state index contributed by atoms with van der Waals surface area (Å²) in [6, 6.07) is 1.70. The van der Waals surface area contributed by atoms with Crippen molar-refractivity contribution >= 4 is 45.6 Å². The van der Waals surface area contributed by atoms with E-state index < -0.39 is 0 Å². The van der Waals surface area contributed by atoms with Gasteiger partial charge in [0.05, 0.1) is 16.7 Å². The average Bonchev–Trinajstić information content (AvgIpc) is 2.83. The van der Waals surface area contributed by atoms with Crippen LogP contribution in [0.1, 0.15) is 32.9 Å². The molecule has 6 nitrogen and oxygen atoms in total. The Morgan fingerprint density at radius 2 is 2.05 bits per heavy atom. The van der Waals surface area contributed by atoms with Gasteiger partial charge in [0.15, 0.2) is 12.6 Å². The molecule has 2 aromatic heterocycles. The Labute approximate surface area is 125 Å². The second kappa shape index (κ2) is 5.42. The molecule has 0 radical (unpaired) electrons. The van der Waals surface area contributed by atoms with Gasteiger partial charge in [0, 0.05) is 24.0 Å². The van der Waals surface area contributed by atoms with Gasteiger partial charge in [0.2, 0.25) is 0 Å². The molecule has 21 heavy (non-hydrogen) atoms. The molecule has 3 rings (SSSR count). The van der Waals surface area contributed by atoms with Gasteiger partial charge in [-0.25, -0.2) is 4.98 Å². The van der Waals surface area contributed by atoms with Crippen LogP contribution >= 0.6 is 11.3 Å². The first-order valence-corrected chi connectivity index (χ1v) is 7.52. The SMILES string of the molecule is Nc1c(C=O)sc2nc(N3CCC(O)CC3)cc(C=O)c12. The van der Waals surface area contributed by atoms with Crippen LogP contribution in [0, 0.1) is 0 Å². The zero-order chi connectivity index (χ0) is 15.0. The molecule has 3 heterocycles. The number of carbonyl (C=O) groups is 2. The van der Waals surface area contributed by atoms with Crippen molar-refractivity contribution in [2.75, 3.05) is 23.7 Å². The van der Waals surface area contributed by atoms with Crippen molar-refractivity contribution in [2.24, 2.45) is 0 Å². The van der Waals surface area contributed by atoms with Gasteiger partial charge in [-0.2, -0.15) is 0 Å². The molecule has 0 spiro atoms. The molecule has 0 bridgehead atoms. The van der Waals surface area contributed by atoms with Crippen molar-refractivity contribution in [3.8, 4) is 0 Å². The van der Waals surface area contributed by atoms with Crippen molar-refractivity contribution in [1.82, 2.24) is 4.98 Å². The number of thiophene rings is 1. The predicted molar refractivity (Wildman–Crippen MR) is 82.3 cm³/mol. The minimum absolute atomic E-state index is 0.269. The molecule has 1 fully saturated rings. The molecule has 0 aromatic carbocycles. The van der Waals surface area contributed by atoms with E-state index in [1.54, 1.807) is 6.07 Å². The average molecular weight is 305 g/mol. The minimum atomic E-state index is -0.269. The van der Waals surface area contributed by atoms with E-state index in [4.69, 9.17) is 5.73 Å². The van der Waals surface area contributed by atoms with Gasteiger partial charge in [0.25, 0.3) is 0 Å². The molecule has 7 heteroatoms. The number of anilines is 2. The number of nitrogens with two attached hydrogens (primary N) is 1. The van der Waals surface area contributed by atoms with E-state index in [2.05, 4.69) is 4.98 Å². The lowest BCUT2D eigenvalue weighted by atomic mass is 10.1. The third-order valence-corrected chi connectivity index (χ3v) is 4.79. The number of nitrogens with zero attached hydrogens (tertiary/aromatic N) is 2. The maximum absolute atomic E-state index is 11.3. The molecule has 1 saturated heterocycles. The quantitative estimate of drug-likeness (QED) is 0.833. The monoisotopic (exact) mass is 305 g/mol. The molecule has 0 aliphatic carbocycles. The summed E-state index contributed by atoms with van der Waals surface area (Å²) in [5, 5.41) is 10.1. The molecule has 0 saturated carbocycles. The fourth-order valence-corrected chi connectivity index (χ4v) is 3.53. The van der Waals surface area contributed by atoms with E-state index in [-0.39, 0.29) is 6.10 Å². The number of aliphatic hydroxyl groups is 1. The molecule has 1 aliphatic heterocycles. The lowest BCUT2D eigenvalue weighted by Crippen LogP contribution is -2.36. The molecular formula is C14H15N3O3S. The topological polar surface area (TPSA) is 96.5 Å². The Balaban J connectivity index is 2.09. The normalized spacial score (nSPS) is 16.3. The van der Waals surface area contributed by atoms with Crippen molar-refractivity contribution in [2.45, 2.75) is 18.9 Å². The van der Waals surface area contributed by atoms with Crippen molar-refractivity contribution < 1.29 is 14.7 Å². The second-order valence-electron chi connectivity index (χ2n) is 5.08. The summed E-state index contributed by atoms with van der Waals surface area (Å²) >= 11 is 1.19. The third kappa shape index (κ3) is 2.38. The number of carbonyl (C=O) groups excluding carboxylic acids is 2. The Kier molecular flexibility index (Phi) is 3.60. The van der Waals surface area contributed by atoms with E-state index in [0.717, 1.165) is 6.29 Å². The fourth-order valence-electron chi connectivity index (χ4n) is 2.59. The number of hydrogen-bond donors (Lipinski definition) is 2. The summed E-state index contributed by atoms with van der Waals surface area (Å²) < 4.78 is 0. The number of fused-ring (bicyclic) bond motifs is 1. The standard InChI is InChI=1S/C14H15N3O3S/c15-13-10(7-19)21-14-12(13)8(6-18)5-11(16-14)17-3-1-9(20)2-4-17/h5-7,9,20H,1-4,15H2. The molecular weight excluding hydrogens is 290 g/mol. The van der Waals surface area contributed by atoms with E-state index in [1.165, 1.54) is 11.3 Å². The van der Waals surface area contributed by atoms with Crippen molar-refractivity contribution in [3.05, 3.63) is 16.5 Å². The largest absolute Gasteiger partial charge is 0.397 e. The van der Waals surface area contributed by atoms with Gasteiger partial charge in [-0.1, -0.05) is 0 Å². The van der Waals surface area contributed by atoms with Crippen LogP contribution in [-0.4, -0.2) is 41.9 Å². The van der Waals surface area contributed by atoms with E-state index >= 15 is 0 Å². The Hall–Kier alpha value is -1.99. The molecule has 2 aromatic rings. The number of hydrogen-bond acceptors (Lipinski definition) is 7. The highest BCUT2D eigenvalue weighted by molar-refractivity contribution is 7.21. The second-order valence-corrected chi connectivity index (χ2v) is 6.11. The van der Waals surface area contributed by atoms with E-state index in [0.29, 0.717) is 64.4 Å². The Bertz CT molecular complexity index is 705. The maximum atomic E-state index is 11.3. The first-order valence-electron chi connectivity index (χ1n) is 6.70. The molecule has 0 amide bonds. The summed E-state index contributed by atoms with van der Waals surface area (Å²) in [6.45, 7) is 1.39. The van der Waals surface area contributed by atoms with Crippen LogP contribution in [-0.2, 0) is 0 Å². The van der Waals surface area contributed by atoms with Gasteiger partial charge < -0.3 is 15.7 Å². The van der Waals surface area contributed by atoms with Crippen LogP contribution in [0.5, 0.6) is 0 Å². The number of aliphatic hydroxyl groups excluding tert-OH is 1. The summed E-state index contributed by atoms with van der Waals surface area (Å²) in [5.74, 6) is 0.690. The highest BCUT2D eigenvalue weighted by Crippen LogP contribution is 2.35. The zero-order valence-electron chi connectivity index (χ0n) is 11.3. The zero-order valence-corrected chi connectivity index (χ0v) is 12.1. The lowest BCUT2D eigenvalue weighted by Gasteiger charge is -2.30. The van der Waals surface area contributed by atoms with Crippen LogP contribution in [0.15, 0.2) is 6.07 Å². The number of aldehydes is 2. The molecule has 1 aliphatic rings. The van der Waals surface area contributed by atoms with Gasteiger partial charge in [-0.15, -0.1) is 11.3 Å². The number of pyridine rings is 1. The highest BCUT2D eigenvalue weighted by atomic mass is 32.1. The van der Waals surface area contributed by atoms with Crippen LogP contribution in [0.4, 0.5) is 11.5 Å². The first-order chi connectivity index (χ1) is 10.1.